The van der Waals surface area contributed by atoms with Crippen molar-refractivity contribution in [2.24, 2.45) is 0 Å². The van der Waals surface area contributed by atoms with Gasteiger partial charge in [0.05, 0.1) is 19.8 Å². The standard InChI is InChI=1S/C23H25NO6/c1-16(22(26)24-15-14-18-6-11-20(28-2)12-7-18)30-21(25)13-8-17-4-9-19(10-5-17)23(27)29-3/h4-13,16H,14-15H2,1-3H3,(H,24,26)/b13-8+/t16-/m0/s1. The third kappa shape index (κ3) is 7.09. The lowest BCUT2D eigenvalue weighted by atomic mass is 10.1. The van der Waals surface area contributed by atoms with Crippen LogP contribution in [-0.2, 0) is 25.5 Å². The molecule has 1 amide bonds. The molecule has 0 unspecified atom stereocenters. The van der Waals surface area contributed by atoms with Gasteiger partial charge in [-0.3, -0.25) is 4.79 Å². The van der Waals surface area contributed by atoms with Crippen LogP contribution in [0.2, 0.25) is 0 Å². The van der Waals surface area contributed by atoms with Crippen LogP contribution >= 0.6 is 0 Å². The SMILES string of the molecule is COC(=O)c1ccc(/C=C/C(=O)O[C@@H](C)C(=O)NCCc2ccc(OC)cc2)cc1. The Morgan fingerprint density at radius 3 is 2.27 bits per heavy atom. The second-order valence-electron chi connectivity index (χ2n) is 6.42. The minimum atomic E-state index is -0.917. The molecule has 0 aromatic heterocycles. The molecule has 0 fully saturated rings. The summed E-state index contributed by atoms with van der Waals surface area (Å²) in [7, 11) is 2.91. The van der Waals surface area contributed by atoms with E-state index in [1.165, 1.54) is 26.2 Å². The van der Waals surface area contributed by atoms with Gasteiger partial charge < -0.3 is 19.5 Å². The predicted octanol–water partition coefficient (Wildman–Crippen LogP) is 2.79. The van der Waals surface area contributed by atoms with Gasteiger partial charge in [0.25, 0.3) is 5.91 Å². The van der Waals surface area contributed by atoms with Crippen molar-refractivity contribution in [2.45, 2.75) is 19.4 Å². The molecule has 0 aliphatic heterocycles. The highest BCUT2D eigenvalue weighted by Crippen LogP contribution is 2.11. The highest BCUT2D eigenvalue weighted by atomic mass is 16.5. The molecule has 0 saturated heterocycles. The number of hydrogen-bond acceptors (Lipinski definition) is 6. The van der Waals surface area contributed by atoms with Gasteiger partial charge in [0.15, 0.2) is 6.10 Å². The first-order chi connectivity index (χ1) is 14.4. The molecule has 2 aromatic rings. The van der Waals surface area contributed by atoms with Crippen LogP contribution in [0, 0.1) is 0 Å². The van der Waals surface area contributed by atoms with E-state index < -0.39 is 18.0 Å². The van der Waals surface area contributed by atoms with Crippen LogP contribution in [0.1, 0.15) is 28.4 Å². The molecule has 0 radical (unpaired) electrons. The first kappa shape index (κ1) is 22.7. The van der Waals surface area contributed by atoms with Crippen molar-refractivity contribution < 1.29 is 28.6 Å². The molecule has 1 atom stereocenters. The highest BCUT2D eigenvalue weighted by Gasteiger charge is 2.15. The summed E-state index contributed by atoms with van der Waals surface area (Å²) in [6, 6.07) is 14.1. The molecule has 0 saturated carbocycles. The van der Waals surface area contributed by atoms with Gasteiger partial charge in [-0.2, -0.15) is 0 Å². The van der Waals surface area contributed by atoms with Crippen molar-refractivity contribution in [2.75, 3.05) is 20.8 Å². The van der Waals surface area contributed by atoms with E-state index >= 15 is 0 Å². The van der Waals surface area contributed by atoms with Crippen molar-refractivity contribution in [1.29, 1.82) is 0 Å². The molecule has 0 aliphatic rings. The molecule has 7 heteroatoms. The normalized spacial score (nSPS) is 11.6. The molecule has 30 heavy (non-hydrogen) atoms. The van der Waals surface area contributed by atoms with E-state index in [2.05, 4.69) is 10.1 Å². The van der Waals surface area contributed by atoms with E-state index in [1.807, 2.05) is 24.3 Å². The molecule has 158 valence electrons. The maximum Gasteiger partial charge on any atom is 0.337 e. The third-order valence-electron chi connectivity index (χ3n) is 4.28. The Morgan fingerprint density at radius 2 is 1.67 bits per heavy atom. The van der Waals surface area contributed by atoms with Gasteiger partial charge in [-0.25, -0.2) is 9.59 Å². The predicted molar refractivity (Wildman–Crippen MR) is 112 cm³/mol. The van der Waals surface area contributed by atoms with Crippen molar-refractivity contribution in [3.8, 4) is 5.75 Å². The lowest BCUT2D eigenvalue weighted by Gasteiger charge is -2.12. The zero-order valence-electron chi connectivity index (χ0n) is 17.2. The first-order valence-corrected chi connectivity index (χ1v) is 9.40. The molecular weight excluding hydrogens is 386 g/mol. The van der Waals surface area contributed by atoms with Crippen molar-refractivity contribution in [3.63, 3.8) is 0 Å². The summed E-state index contributed by atoms with van der Waals surface area (Å²) < 4.78 is 14.9. The summed E-state index contributed by atoms with van der Waals surface area (Å²) in [5.74, 6) is -0.662. The van der Waals surface area contributed by atoms with Crippen LogP contribution in [0.5, 0.6) is 5.75 Å². The number of methoxy groups -OCH3 is 2. The van der Waals surface area contributed by atoms with E-state index in [9.17, 15) is 14.4 Å². The molecule has 7 nitrogen and oxygen atoms in total. The van der Waals surface area contributed by atoms with E-state index in [0.717, 1.165) is 11.3 Å². The maximum absolute atomic E-state index is 12.1. The number of ether oxygens (including phenoxy) is 3. The number of carbonyl (C=O) groups excluding carboxylic acids is 3. The number of nitrogens with one attached hydrogen (secondary N) is 1. The average molecular weight is 411 g/mol. The lowest BCUT2D eigenvalue weighted by molar-refractivity contribution is -0.150. The lowest BCUT2D eigenvalue weighted by Crippen LogP contribution is -2.36. The summed E-state index contributed by atoms with van der Waals surface area (Å²) in [4.78, 5) is 35.4. The summed E-state index contributed by atoms with van der Waals surface area (Å²) in [5, 5.41) is 2.75. The Hall–Kier alpha value is -3.61. The smallest absolute Gasteiger partial charge is 0.337 e. The Kier molecular flexibility index (Phi) is 8.62. The number of amides is 1. The Labute approximate surface area is 175 Å². The monoisotopic (exact) mass is 411 g/mol. The molecule has 0 spiro atoms. The van der Waals surface area contributed by atoms with Gasteiger partial charge in [-0.15, -0.1) is 0 Å². The largest absolute Gasteiger partial charge is 0.497 e. The van der Waals surface area contributed by atoms with Gasteiger partial charge in [0.2, 0.25) is 0 Å². The summed E-state index contributed by atoms with van der Waals surface area (Å²) in [5.41, 5.74) is 2.18. The first-order valence-electron chi connectivity index (χ1n) is 9.40. The summed E-state index contributed by atoms with van der Waals surface area (Å²) in [6.07, 6.45) is 2.50. The minimum Gasteiger partial charge on any atom is -0.497 e. The zero-order chi connectivity index (χ0) is 21.9. The number of rotatable bonds is 9. The molecule has 1 N–H and O–H groups in total. The molecule has 0 bridgehead atoms. The van der Waals surface area contributed by atoms with Crippen LogP contribution in [-0.4, -0.2) is 44.7 Å². The van der Waals surface area contributed by atoms with Crippen LogP contribution in [0.25, 0.3) is 6.08 Å². The molecular formula is C23H25NO6. The highest BCUT2D eigenvalue weighted by molar-refractivity contribution is 5.91. The Balaban J connectivity index is 1.76. The van der Waals surface area contributed by atoms with Gasteiger partial charge in [-0.05, 0) is 54.8 Å². The van der Waals surface area contributed by atoms with Crippen molar-refractivity contribution in [1.82, 2.24) is 5.32 Å². The summed E-state index contributed by atoms with van der Waals surface area (Å²) >= 11 is 0. The number of hydrogen-bond donors (Lipinski definition) is 1. The Morgan fingerprint density at radius 1 is 1.00 bits per heavy atom. The summed E-state index contributed by atoms with van der Waals surface area (Å²) in [6.45, 7) is 1.94. The fourth-order valence-corrected chi connectivity index (χ4v) is 2.55. The zero-order valence-corrected chi connectivity index (χ0v) is 17.2. The second kappa shape index (κ2) is 11.4. The molecule has 0 heterocycles. The topological polar surface area (TPSA) is 90.9 Å². The van der Waals surface area contributed by atoms with E-state index in [-0.39, 0.29) is 5.91 Å². The molecule has 0 aliphatic carbocycles. The average Bonchev–Trinajstić information content (AvgIpc) is 2.77. The van der Waals surface area contributed by atoms with Gasteiger partial charge >= 0.3 is 11.9 Å². The van der Waals surface area contributed by atoms with Gasteiger partial charge in [-0.1, -0.05) is 24.3 Å². The maximum atomic E-state index is 12.1. The van der Waals surface area contributed by atoms with Crippen molar-refractivity contribution >= 4 is 23.9 Å². The second-order valence-corrected chi connectivity index (χ2v) is 6.42. The van der Waals surface area contributed by atoms with E-state index in [0.29, 0.717) is 24.1 Å². The number of esters is 2. The fourth-order valence-electron chi connectivity index (χ4n) is 2.55. The quantitative estimate of drug-likeness (QED) is 0.504. The Bertz CT molecular complexity index is 887. The third-order valence-corrected chi connectivity index (χ3v) is 4.28. The van der Waals surface area contributed by atoms with Gasteiger partial charge in [0, 0.05) is 12.6 Å². The van der Waals surface area contributed by atoms with Crippen LogP contribution < -0.4 is 10.1 Å². The van der Waals surface area contributed by atoms with Crippen LogP contribution in [0.4, 0.5) is 0 Å². The number of benzene rings is 2. The molecule has 2 aromatic carbocycles. The van der Waals surface area contributed by atoms with Gasteiger partial charge in [0.1, 0.15) is 5.75 Å². The van der Waals surface area contributed by atoms with E-state index in [4.69, 9.17) is 9.47 Å². The fraction of sp³-hybridized carbons (Fsp3) is 0.261. The molecule has 2 rings (SSSR count). The van der Waals surface area contributed by atoms with Crippen LogP contribution in [0.15, 0.2) is 54.6 Å². The van der Waals surface area contributed by atoms with Crippen LogP contribution in [0.3, 0.4) is 0 Å². The van der Waals surface area contributed by atoms with Crippen molar-refractivity contribution in [3.05, 3.63) is 71.3 Å². The minimum absolute atomic E-state index is 0.368. The van der Waals surface area contributed by atoms with E-state index in [1.54, 1.807) is 31.4 Å². The number of carbonyl (C=O) groups is 3.